The molecule has 1 aromatic heterocycles. The van der Waals surface area contributed by atoms with E-state index in [1.807, 2.05) is 20.8 Å². The summed E-state index contributed by atoms with van der Waals surface area (Å²) in [4.78, 5) is 7.88. The van der Waals surface area contributed by atoms with Crippen LogP contribution >= 0.6 is 11.6 Å². The quantitative estimate of drug-likeness (QED) is 0.776. The standard InChI is InChI=1S/C12H14ClF3N2O/c1-11(2,3)10-17-5-7(6-18-10)8(9(13)19-4)12(14,15)16/h5-6H,1-4H3. The lowest BCUT2D eigenvalue weighted by molar-refractivity contribution is -0.0705. The van der Waals surface area contributed by atoms with Crippen molar-refractivity contribution in [2.75, 3.05) is 7.11 Å². The zero-order valence-electron chi connectivity index (χ0n) is 11.0. The van der Waals surface area contributed by atoms with Crippen LogP contribution in [-0.2, 0) is 10.2 Å². The van der Waals surface area contributed by atoms with Gasteiger partial charge < -0.3 is 4.74 Å². The van der Waals surface area contributed by atoms with Gasteiger partial charge in [0.15, 0.2) is 5.22 Å². The third-order valence-corrected chi connectivity index (χ3v) is 2.61. The maximum absolute atomic E-state index is 12.9. The molecule has 0 N–H and O–H groups in total. The Balaban J connectivity index is 3.28. The summed E-state index contributed by atoms with van der Waals surface area (Å²) < 4.78 is 43.2. The molecule has 0 amide bonds. The van der Waals surface area contributed by atoms with Crippen LogP contribution in [0.25, 0.3) is 5.57 Å². The molecule has 0 aliphatic rings. The van der Waals surface area contributed by atoms with E-state index in [-0.39, 0.29) is 11.0 Å². The van der Waals surface area contributed by atoms with E-state index in [2.05, 4.69) is 14.7 Å². The van der Waals surface area contributed by atoms with Crippen molar-refractivity contribution < 1.29 is 17.9 Å². The minimum absolute atomic E-state index is 0.229. The first-order valence-corrected chi connectivity index (χ1v) is 5.79. The SMILES string of the molecule is COC(Cl)=C(c1cnc(C(C)(C)C)nc1)C(F)(F)F. The second kappa shape index (κ2) is 5.36. The molecule has 19 heavy (non-hydrogen) atoms. The highest BCUT2D eigenvalue weighted by atomic mass is 35.5. The lowest BCUT2D eigenvalue weighted by Gasteiger charge is -2.17. The Morgan fingerprint density at radius 2 is 1.63 bits per heavy atom. The van der Waals surface area contributed by atoms with Crippen molar-refractivity contribution in [3.8, 4) is 0 Å². The highest BCUT2D eigenvalue weighted by Gasteiger charge is 2.39. The van der Waals surface area contributed by atoms with Gasteiger partial charge in [-0.15, -0.1) is 0 Å². The molecule has 0 atom stereocenters. The van der Waals surface area contributed by atoms with Gasteiger partial charge in [0.2, 0.25) is 0 Å². The molecule has 0 fully saturated rings. The average molecular weight is 295 g/mol. The molecule has 0 aromatic carbocycles. The van der Waals surface area contributed by atoms with Crippen molar-refractivity contribution in [2.24, 2.45) is 0 Å². The third-order valence-electron chi connectivity index (χ3n) is 2.27. The summed E-state index contributed by atoms with van der Waals surface area (Å²) >= 11 is 5.46. The van der Waals surface area contributed by atoms with E-state index in [1.54, 1.807) is 0 Å². The second-order valence-electron chi connectivity index (χ2n) is 4.90. The number of aromatic nitrogens is 2. The Hall–Kier alpha value is -1.30. The Labute approximate surface area is 114 Å². The van der Waals surface area contributed by atoms with E-state index in [1.165, 1.54) is 0 Å². The third kappa shape index (κ3) is 3.83. The average Bonchev–Trinajstić information content (AvgIpc) is 2.26. The van der Waals surface area contributed by atoms with E-state index < -0.39 is 17.0 Å². The molecular formula is C12H14ClF3N2O. The number of rotatable bonds is 2. The molecule has 0 radical (unpaired) electrons. The highest BCUT2D eigenvalue weighted by Crippen LogP contribution is 2.37. The number of methoxy groups -OCH3 is 1. The van der Waals surface area contributed by atoms with Gasteiger partial charge in [0.25, 0.3) is 0 Å². The molecule has 1 heterocycles. The largest absolute Gasteiger partial charge is 0.486 e. The van der Waals surface area contributed by atoms with E-state index in [0.717, 1.165) is 19.5 Å². The van der Waals surface area contributed by atoms with Crippen molar-refractivity contribution in [1.29, 1.82) is 0 Å². The van der Waals surface area contributed by atoms with Crippen molar-refractivity contribution >= 4 is 17.2 Å². The first kappa shape index (κ1) is 15.8. The Bertz CT molecular complexity index is 475. The first-order valence-electron chi connectivity index (χ1n) is 5.41. The maximum atomic E-state index is 12.9. The smallest absolute Gasteiger partial charge is 0.421 e. The van der Waals surface area contributed by atoms with E-state index in [4.69, 9.17) is 11.6 Å². The lowest BCUT2D eigenvalue weighted by Crippen LogP contribution is -2.18. The normalized spacial score (nSPS) is 14.1. The zero-order valence-corrected chi connectivity index (χ0v) is 11.7. The number of alkyl halides is 3. The van der Waals surface area contributed by atoms with Crippen LogP contribution in [0.3, 0.4) is 0 Å². The minimum Gasteiger partial charge on any atom is -0.486 e. The van der Waals surface area contributed by atoms with Crippen molar-refractivity contribution in [1.82, 2.24) is 9.97 Å². The zero-order chi connectivity index (χ0) is 14.8. The summed E-state index contributed by atoms with van der Waals surface area (Å²) in [6, 6.07) is 0. The second-order valence-corrected chi connectivity index (χ2v) is 5.24. The molecule has 0 unspecified atom stereocenters. The number of allylic oxidation sites excluding steroid dienone is 1. The van der Waals surface area contributed by atoms with E-state index in [9.17, 15) is 13.2 Å². The molecule has 0 aliphatic carbocycles. The van der Waals surface area contributed by atoms with Gasteiger partial charge >= 0.3 is 6.18 Å². The number of hydrogen-bond donors (Lipinski definition) is 0. The molecule has 7 heteroatoms. The van der Waals surface area contributed by atoms with Crippen LogP contribution in [0.1, 0.15) is 32.2 Å². The molecule has 0 saturated heterocycles. The van der Waals surface area contributed by atoms with Crippen LogP contribution in [0, 0.1) is 0 Å². The Kier molecular flexibility index (Phi) is 4.45. The van der Waals surface area contributed by atoms with Crippen molar-refractivity contribution in [3.05, 3.63) is 29.0 Å². The lowest BCUT2D eigenvalue weighted by atomic mass is 9.95. The molecule has 0 saturated carbocycles. The van der Waals surface area contributed by atoms with Crippen LogP contribution in [0.15, 0.2) is 17.6 Å². The molecular weight excluding hydrogens is 281 g/mol. The van der Waals surface area contributed by atoms with Gasteiger partial charge in [-0.1, -0.05) is 20.8 Å². The van der Waals surface area contributed by atoms with Gasteiger partial charge in [-0.25, -0.2) is 9.97 Å². The molecule has 0 spiro atoms. The fraction of sp³-hybridized carbons (Fsp3) is 0.500. The van der Waals surface area contributed by atoms with Crippen LogP contribution < -0.4 is 0 Å². The predicted octanol–water partition coefficient (Wildman–Crippen LogP) is 3.89. The van der Waals surface area contributed by atoms with Crippen LogP contribution in [0.4, 0.5) is 13.2 Å². The maximum Gasteiger partial charge on any atom is 0.421 e. The first-order chi connectivity index (χ1) is 8.57. The fourth-order valence-corrected chi connectivity index (χ4v) is 1.55. The van der Waals surface area contributed by atoms with Crippen molar-refractivity contribution in [3.63, 3.8) is 0 Å². The Morgan fingerprint density at radius 1 is 1.16 bits per heavy atom. The summed E-state index contributed by atoms with van der Waals surface area (Å²) in [5, 5.41) is -0.736. The van der Waals surface area contributed by atoms with E-state index in [0.29, 0.717) is 5.82 Å². The summed E-state index contributed by atoms with van der Waals surface area (Å²) in [5.41, 5.74) is -1.66. The highest BCUT2D eigenvalue weighted by molar-refractivity contribution is 6.31. The van der Waals surface area contributed by atoms with Gasteiger partial charge in [0.1, 0.15) is 11.4 Å². The number of nitrogens with zero attached hydrogens (tertiary/aromatic N) is 2. The molecule has 106 valence electrons. The minimum atomic E-state index is -4.64. The summed E-state index contributed by atoms with van der Waals surface area (Å²) in [5.74, 6) is 0.450. The molecule has 0 bridgehead atoms. The van der Waals surface area contributed by atoms with Crippen LogP contribution in [0.2, 0.25) is 0 Å². The van der Waals surface area contributed by atoms with Gasteiger partial charge in [0, 0.05) is 23.4 Å². The van der Waals surface area contributed by atoms with Crippen LogP contribution in [-0.4, -0.2) is 23.3 Å². The van der Waals surface area contributed by atoms with Crippen LogP contribution in [0.5, 0.6) is 0 Å². The summed E-state index contributed by atoms with van der Waals surface area (Å²) in [6.07, 6.45) is -2.45. The van der Waals surface area contributed by atoms with E-state index >= 15 is 0 Å². The van der Waals surface area contributed by atoms with Crippen molar-refractivity contribution in [2.45, 2.75) is 32.4 Å². The number of ether oxygens (including phenoxy) is 1. The number of hydrogen-bond acceptors (Lipinski definition) is 3. The predicted molar refractivity (Wildman–Crippen MR) is 66.6 cm³/mol. The van der Waals surface area contributed by atoms with Gasteiger partial charge in [0.05, 0.1) is 7.11 Å². The molecule has 1 rings (SSSR count). The Morgan fingerprint density at radius 3 is 1.95 bits per heavy atom. The van der Waals surface area contributed by atoms with Gasteiger partial charge in [-0.3, -0.25) is 0 Å². The molecule has 0 aliphatic heterocycles. The monoisotopic (exact) mass is 294 g/mol. The van der Waals surface area contributed by atoms with Gasteiger partial charge in [-0.2, -0.15) is 13.2 Å². The summed E-state index contributed by atoms with van der Waals surface area (Å²) in [7, 11) is 1.07. The molecule has 1 aromatic rings. The summed E-state index contributed by atoms with van der Waals surface area (Å²) in [6.45, 7) is 5.60. The number of halogens is 4. The fourth-order valence-electron chi connectivity index (χ4n) is 1.34. The van der Waals surface area contributed by atoms with Gasteiger partial charge in [-0.05, 0) is 11.6 Å². The molecule has 3 nitrogen and oxygen atoms in total. The topological polar surface area (TPSA) is 35.0 Å².